The number of piperazine rings is 1. The highest BCUT2D eigenvalue weighted by atomic mass is 16.2. The molecule has 0 aliphatic carbocycles. The summed E-state index contributed by atoms with van der Waals surface area (Å²) in [5.74, 6) is 6.45. The van der Waals surface area contributed by atoms with Gasteiger partial charge in [0.1, 0.15) is 6.04 Å². The molecule has 0 aromatic heterocycles. The lowest BCUT2D eigenvalue weighted by Crippen LogP contribution is -2.57. The first-order valence-corrected chi connectivity index (χ1v) is 6.88. The molecule has 0 spiro atoms. The molecule has 1 unspecified atom stereocenters. The second-order valence-electron chi connectivity index (χ2n) is 5.09. The Labute approximate surface area is 120 Å². The maximum atomic E-state index is 12.1. The maximum absolute atomic E-state index is 12.1. The van der Waals surface area contributed by atoms with Crippen molar-refractivity contribution in [3.05, 3.63) is 35.9 Å². The van der Waals surface area contributed by atoms with E-state index in [1.54, 1.807) is 19.0 Å². The first-order valence-electron chi connectivity index (χ1n) is 6.88. The number of hydrogen-bond donors (Lipinski definition) is 1. The molecule has 1 aromatic rings. The minimum Gasteiger partial charge on any atom is -0.347 e. The van der Waals surface area contributed by atoms with Crippen LogP contribution in [0.5, 0.6) is 0 Å². The summed E-state index contributed by atoms with van der Waals surface area (Å²) >= 11 is 0. The maximum Gasteiger partial charge on any atom is 0.240 e. The van der Waals surface area contributed by atoms with E-state index in [9.17, 15) is 4.79 Å². The zero-order valence-electron chi connectivity index (χ0n) is 12.1. The summed E-state index contributed by atoms with van der Waals surface area (Å²) in [7, 11) is 3.59. The van der Waals surface area contributed by atoms with E-state index >= 15 is 0 Å². The van der Waals surface area contributed by atoms with Crippen LogP contribution in [-0.4, -0.2) is 62.0 Å². The second kappa shape index (κ2) is 7.09. The van der Waals surface area contributed by atoms with Crippen LogP contribution in [0.2, 0.25) is 0 Å². The lowest BCUT2D eigenvalue weighted by Gasteiger charge is -2.35. The highest BCUT2D eigenvalue weighted by Crippen LogP contribution is 2.05. The SMILES string of the molecule is CN(C)C(=O)C1CNCCN1CC#Cc1ccccc1. The van der Waals surface area contributed by atoms with Crippen LogP contribution in [-0.2, 0) is 4.79 Å². The Morgan fingerprint density at radius 2 is 2.15 bits per heavy atom. The number of carbonyl (C=O) groups excluding carboxylic acids is 1. The van der Waals surface area contributed by atoms with E-state index in [4.69, 9.17) is 0 Å². The number of amides is 1. The Hall–Kier alpha value is -1.83. The molecule has 1 heterocycles. The van der Waals surface area contributed by atoms with Crippen LogP contribution >= 0.6 is 0 Å². The van der Waals surface area contributed by atoms with Crippen molar-refractivity contribution in [3.63, 3.8) is 0 Å². The van der Waals surface area contributed by atoms with Crippen LogP contribution < -0.4 is 5.32 Å². The number of likely N-dealkylation sites (N-methyl/N-ethyl adjacent to an activating group) is 1. The number of nitrogens with zero attached hydrogens (tertiary/aromatic N) is 2. The normalized spacial score (nSPS) is 19.0. The predicted octanol–water partition coefficient (Wildman–Crippen LogP) is 0.400. The summed E-state index contributed by atoms with van der Waals surface area (Å²) in [6.45, 7) is 3.09. The van der Waals surface area contributed by atoms with Gasteiger partial charge in [-0.2, -0.15) is 0 Å². The first-order chi connectivity index (χ1) is 9.68. The van der Waals surface area contributed by atoms with Gasteiger partial charge in [-0.15, -0.1) is 0 Å². The van der Waals surface area contributed by atoms with Crippen LogP contribution in [0.15, 0.2) is 30.3 Å². The summed E-state index contributed by atoms with van der Waals surface area (Å²) < 4.78 is 0. The fourth-order valence-electron chi connectivity index (χ4n) is 2.24. The molecule has 4 heteroatoms. The summed E-state index contributed by atoms with van der Waals surface area (Å²) in [6, 6.07) is 9.82. The Kier molecular flexibility index (Phi) is 5.16. The number of rotatable bonds is 2. The Morgan fingerprint density at radius 3 is 2.85 bits per heavy atom. The predicted molar refractivity (Wildman–Crippen MR) is 80.2 cm³/mol. The minimum absolute atomic E-state index is 0.108. The molecule has 1 amide bonds. The molecule has 1 aliphatic rings. The molecular formula is C16H21N3O. The zero-order valence-corrected chi connectivity index (χ0v) is 12.1. The van der Waals surface area contributed by atoms with Gasteiger partial charge in [-0.25, -0.2) is 0 Å². The van der Waals surface area contributed by atoms with Crippen molar-refractivity contribution in [3.8, 4) is 11.8 Å². The van der Waals surface area contributed by atoms with Crippen LogP contribution in [0.1, 0.15) is 5.56 Å². The molecule has 4 nitrogen and oxygen atoms in total. The summed E-state index contributed by atoms with van der Waals surface area (Å²) in [6.07, 6.45) is 0. The zero-order chi connectivity index (χ0) is 14.4. The smallest absolute Gasteiger partial charge is 0.240 e. The van der Waals surface area contributed by atoms with Gasteiger partial charge in [0.05, 0.1) is 6.54 Å². The largest absolute Gasteiger partial charge is 0.347 e. The third-order valence-electron chi connectivity index (χ3n) is 3.37. The van der Waals surface area contributed by atoms with Crippen molar-refractivity contribution in [1.82, 2.24) is 15.1 Å². The first kappa shape index (κ1) is 14.6. The fourth-order valence-corrected chi connectivity index (χ4v) is 2.24. The van der Waals surface area contributed by atoms with Crippen LogP contribution in [0.25, 0.3) is 0 Å². The molecular weight excluding hydrogens is 250 g/mol. The van der Waals surface area contributed by atoms with Gasteiger partial charge in [-0.05, 0) is 12.1 Å². The molecule has 20 heavy (non-hydrogen) atoms. The van der Waals surface area contributed by atoms with E-state index in [0.717, 1.165) is 18.7 Å². The van der Waals surface area contributed by atoms with Crippen molar-refractivity contribution in [2.45, 2.75) is 6.04 Å². The van der Waals surface area contributed by atoms with Gasteiger partial charge < -0.3 is 10.2 Å². The molecule has 0 saturated carbocycles. The monoisotopic (exact) mass is 271 g/mol. The average molecular weight is 271 g/mol. The standard InChI is InChI=1S/C16H21N3O/c1-18(2)16(20)15-13-17-10-12-19(15)11-6-9-14-7-4-3-5-8-14/h3-5,7-8,15,17H,10-13H2,1-2H3. The third-order valence-corrected chi connectivity index (χ3v) is 3.37. The van der Waals surface area contributed by atoms with E-state index in [0.29, 0.717) is 13.1 Å². The third kappa shape index (κ3) is 3.83. The summed E-state index contributed by atoms with van der Waals surface area (Å²) in [5, 5.41) is 3.27. The minimum atomic E-state index is -0.108. The highest BCUT2D eigenvalue weighted by Gasteiger charge is 2.28. The van der Waals surface area contributed by atoms with Crippen molar-refractivity contribution in [1.29, 1.82) is 0 Å². The molecule has 106 valence electrons. The Morgan fingerprint density at radius 1 is 1.40 bits per heavy atom. The van der Waals surface area contributed by atoms with Gasteiger partial charge in [-0.1, -0.05) is 30.0 Å². The van der Waals surface area contributed by atoms with Crippen LogP contribution in [0, 0.1) is 11.8 Å². The van der Waals surface area contributed by atoms with Gasteiger partial charge in [0.25, 0.3) is 0 Å². The number of hydrogen-bond acceptors (Lipinski definition) is 3. The van der Waals surface area contributed by atoms with Gasteiger partial charge in [-0.3, -0.25) is 9.69 Å². The molecule has 1 fully saturated rings. The second-order valence-corrected chi connectivity index (χ2v) is 5.09. The van der Waals surface area contributed by atoms with Crippen LogP contribution in [0.3, 0.4) is 0 Å². The van der Waals surface area contributed by atoms with Crippen LogP contribution in [0.4, 0.5) is 0 Å². The average Bonchev–Trinajstić information content (AvgIpc) is 2.48. The van der Waals surface area contributed by atoms with E-state index in [-0.39, 0.29) is 11.9 Å². The molecule has 0 bridgehead atoms. The molecule has 2 rings (SSSR count). The number of nitrogens with one attached hydrogen (secondary N) is 1. The lowest BCUT2D eigenvalue weighted by molar-refractivity contribution is -0.134. The summed E-state index contributed by atoms with van der Waals surface area (Å²) in [4.78, 5) is 15.9. The topological polar surface area (TPSA) is 35.6 Å². The number of carbonyl (C=O) groups is 1. The van der Waals surface area contributed by atoms with E-state index in [1.807, 2.05) is 30.3 Å². The summed E-state index contributed by atoms with van der Waals surface area (Å²) in [5.41, 5.74) is 1.01. The molecule has 1 aromatic carbocycles. The molecule has 1 saturated heterocycles. The van der Waals surface area contributed by atoms with Gasteiger partial charge >= 0.3 is 0 Å². The number of benzene rings is 1. The van der Waals surface area contributed by atoms with Gasteiger partial charge in [0.15, 0.2) is 0 Å². The van der Waals surface area contributed by atoms with E-state index in [1.165, 1.54) is 0 Å². The molecule has 1 aliphatic heterocycles. The van der Waals surface area contributed by atoms with E-state index in [2.05, 4.69) is 22.1 Å². The van der Waals surface area contributed by atoms with E-state index < -0.39 is 0 Å². The van der Waals surface area contributed by atoms with Gasteiger partial charge in [0, 0.05) is 39.3 Å². The highest BCUT2D eigenvalue weighted by molar-refractivity contribution is 5.81. The molecule has 1 atom stereocenters. The quantitative estimate of drug-likeness (QED) is 0.791. The Bertz CT molecular complexity index is 501. The fraction of sp³-hybridized carbons (Fsp3) is 0.438. The van der Waals surface area contributed by atoms with Crippen molar-refractivity contribution in [2.75, 3.05) is 40.3 Å². The van der Waals surface area contributed by atoms with Crippen molar-refractivity contribution in [2.24, 2.45) is 0 Å². The van der Waals surface area contributed by atoms with Crippen molar-refractivity contribution >= 4 is 5.91 Å². The lowest BCUT2D eigenvalue weighted by atomic mass is 10.1. The Balaban J connectivity index is 1.99. The van der Waals surface area contributed by atoms with Gasteiger partial charge in [0.2, 0.25) is 5.91 Å². The molecule has 0 radical (unpaired) electrons. The van der Waals surface area contributed by atoms with Crippen molar-refractivity contribution < 1.29 is 4.79 Å². The molecule has 1 N–H and O–H groups in total.